The molecule has 1 saturated heterocycles. The van der Waals surface area contributed by atoms with Crippen LogP contribution in [0.4, 0.5) is 10.6 Å². The van der Waals surface area contributed by atoms with E-state index in [9.17, 15) is 9.59 Å². The molecule has 1 N–H and O–H groups in total. The van der Waals surface area contributed by atoms with Gasteiger partial charge in [0.25, 0.3) is 0 Å². The van der Waals surface area contributed by atoms with Gasteiger partial charge >= 0.3 is 6.09 Å². The third-order valence-corrected chi connectivity index (χ3v) is 4.42. The molecule has 3 atom stereocenters. The third-order valence-electron chi connectivity index (χ3n) is 3.98. The summed E-state index contributed by atoms with van der Waals surface area (Å²) in [6.07, 6.45) is 1.23. The van der Waals surface area contributed by atoms with Gasteiger partial charge in [0.1, 0.15) is 22.1 Å². The Hall–Kier alpha value is -1.63. The number of amides is 2. The quantitative estimate of drug-likeness (QED) is 0.798. The number of ether oxygens (including phenoxy) is 1. The highest BCUT2D eigenvalue weighted by Gasteiger charge is 2.57. The van der Waals surface area contributed by atoms with E-state index in [1.54, 1.807) is 23.1 Å². The Bertz CT molecular complexity index is 644. The van der Waals surface area contributed by atoms with Crippen molar-refractivity contribution in [3.63, 3.8) is 0 Å². The van der Waals surface area contributed by atoms with E-state index in [1.807, 2.05) is 20.8 Å². The molecule has 0 aromatic carbocycles. The number of halogens is 1. The molecule has 23 heavy (non-hydrogen) atoms. The molecule has 1 aliphatic carbocycles. The number of anilines is 1. The molecule has 0 spiro atoms. The van der Waals surface area contributed by atoms with E-state index >= 15 is 0 Å². The van der Waals surface area contributed by atoms with Gasteiger partial charge in [-0.1, -0.05) is 6.07 Å². The lowest BCUT2D eigenvalue weighted by Crippen LogP contribution is -2.47. The Labute approximate surface area is 143 Å². The molecule has 0 radical (unpaired) electrons. The third kappa shape index (κ3) is 3.65. The van der Waals surface area contributed by atoms with Gasteiger partial charge in [0.05, 0.1) is 0 Å². The van der Waals surface area contributed by atoms with Crippen LogP contribution in [0.3, 0.4) is 0 Å². The summed E-state index contributed by atoms with van der Waals surface area (Å²) < 4.78 is 6.10. The van der Waals surface area contributed by atoms with Gasteiger partial charge in [-0.15, -0.1) is 0 Å². The molecule has 2 fully saturated rings. The van der Waals surface area contributed by atoms with Crippen molar-refractivity contribution >= 4 is 33.7 Å². The first kappa shape index (κ1) is 16.2. The summed E-state index contributed by atoms with van der Waals surface area (Å²) in [6, 6.07) is 4.94. The Kier molecular flexibility index (Phi) is 4.08. The van der Waals surface area contributed by atoms with Crippen LogP contribution in [0.15, 0.2) is 22.8 Å². The number of likely N-dealkylation sites (tertiary alicyclic amines) is 1. The molecular formula is C16H20BrN3O3. The van der Waals surface area contributed by atoms with Crippen LogP contribution < -0.4 is 5.32 Å². The van der Waals surface area contributed by atoms with E-state index in [4.69, 9.17) is 4.74 Å². The van der Waals surface area contributed by atoms with Crippen LogP contribution in [0.2, 0.25) is 0 Å². The van der Waals surface area contributed by atoms with Crippen molar-refractivity contribution in [2.45, 2.75) is 51.3 Å². The zero-order valence-electron chi connectivity index (χ0n) is 13.4. The minimum atomic E-state index is -0.572. The van der Waals surface area contributed by atoms with Crippen LogP contribution >= 0.6 is 15.9 Å². The Balaban J connectivity index is 1.71. The predicted octanol–water partition coefficient (Wildman–Crippen LogP) is 3.18. The van der Waals surface area contributed by atoms with E-state index in [0.29, 0.717) is 22.8 Å². The Morgan fingerprint density at radius 3 is 2.74 bits per heavy atom. The number of nitrogens with zero attached hydrogens (tertiary/aromatic N) is 2. The predicted molar refractivity (Wildman–Crippen MR) is 88.9 cm³/mol. The summed E-state index contributed by atoms with van der Waals surface area (Å²) in [7, 11) is 0. The lowest BCUT2D eigenvalue weighted by molar-refractivity contribution is -0.121. The van der Waals surface area contributed by atoms with Crippen molar-refractivity contribution in [3.8, 4) is 0 Å². The van der Waals surface area contributed by atoms with Crippen molar-refractivity contribution in [2.75, 3.05) is 5.32 Å². The van der Waals surface area contributed by atoms with Gasteiger partial charge in [0.2, 0.25) is 5.91 Å². The summed E-state index contributed by atoms with van der Waals surface area (Å²) in [5, 5.41) is 2.78. The maximum absolute atomic E-state index is 12.6. The van der Waals surface area contributed by atoms with Crippen molar-refractivity contribution in [2.24, 2.45) is 5.92 Å². The molecule has 3 rings (SSSR count). The maximum Gasteiger partial charge on any atom is 0.411 e. The first-order valence-electron chi connectivity index (χ1n) is 7.69. The minimum absolute atomic E-state index is 0.135. The summed E-state index contributed by atoms with van der Waals surface area (Å²) in [5.74, 6) is 0.663. The molecular weight excluding hydrogens is 362 g/mol. The first-order valence-corrected chi connectivity index (χ1v) is 8.48. The fraction of sp³-hybridized carbons (Fsp3) is 0.562. The van der Waals surface area contributed by atoms with Crippen LogP contribution in [0.25, 0.3) is 0 Å². The molecule has 0 bridgehead atoms. The number of rotatable bonds is 2. The molecule has 2 aliphatic rings. The number of carbonyl (C=O) groups is 2. The second-order valence-corrected chi connectivity index (χ2v) is 7.85. The van der Waals surface area contributed by atoms with Gasteiger partial charge in [-0.25, -0.2) is 9.78 Å². The molecule has 2 heterocycles. The number of hydrogen-bond acceptors (Lipinski definition) is 4. The van der Waals surface area contributed by atoms with Crippen molar-refractivity contribution in [1.82, 2.24) is 9.88 Å². The highest BCUT2D eigenvalue weighted by molar-refractivity contribution is 9.10. The van der Waals surface area contributed by atoms with E-state index in [-0.39, 0.29) is 11.9 Å². The number of aromatic nitrogens is 1. The summed E-state index contributed by atoms with van der Waals surface area (Å²) in [5.41, 5.74) is -0.572. The fourth-order valence-corrected chi connectivity index (χ4v) is 3.30. The van der Waals surface area contributed by atoms with Gasteiger partial charge in [-0.3, -0.25) is 9.69 Å². The fourth-order valence-electron chi connectivity index (χ4n) is 2.96. The number of piperidine rings is 1. The normalized spacial score (nSPS) is 25.7. The molecule has 1 saturated carbocycles. The second-order valence-electron chi connectivity index (χ2n) is 7.04. The number of pyridine rings is 1. The highest BCUT2D eigenvalue weighted by Crippen LogP contribution is 2.48. The maximum atomic E-state index is 12.6. The number of nitrogens with one attached hydrogen (secondary N) is 1. The summed E-state index contributed by atoms with van der Waals surface area (Å²) >= 11 is 3.27. The number of carbonyl (C=O) groups excluding carboxylic acids is 2. The Morgan fingerprint density at radius 2 is 2.09 bits per heavy atom. The van der Waals surface area contributed by atoms with Crippen molar-refractivity contribution in [3.05, 3.63) is 22.8 Å². The molecule has 2 unspecified atom stereocenters. The van der Waals surface area contributed by atoms with E-state index in [0.717, 1.165) is 6.42 Å². The largest absolute Gasteiger partial charge is 0.444 e. The molecule has 7 heteroatoms. The standard InChI is InChI=1S/C16H20BrN3O3/c1-16(2,3)23-15(22)20-10-7-9(10)8-11(20)14(21)19-13-6-4-5-12(17)18-13/h4-6,9-11H,7-8H2,1-3H3,(H,18,19,21)/t9?,10?,11-/m0/s1. The SMILES string of the molecule is CC(C)(C)OC(=O)N1C2CC2C[C@H]1C(=O)Nc1cccc(Br)n1. The summed E-state index contributed by atoms with van der Waals surface area (Å²) in [6.45, 7) is 5.48. The van der Waals surface area contributed by atoms with Crippen LogP contribution in [-0.2, 0) is 9.53 Å². The second kappa shape index (κ2) is 5.78. The molecule has 1 aromatic heterocycles. The average Bonchev–Trinajstić information content (AvgIpc) is 3.06. The zero-order valence-corrected chi connectivity index (χ0v) is 15.0. The number of hydrogen-bond donors (Lipinski definition) is 1. The van der Waals surface area contributed by atoms with Gasteiger partial charge in [0.15, 0.2) is 0 Å². The van der Waals surface area contributed by atoms with Gasteiger partial charge in [0, 0.05) is 6.04 Å². The topological polar surface area (TPSA) is 71.5 Å². The van der Waals surface area contributed by atoms with Crippen molar-refractivity contribution in [1.29, 1.82) is 0 Å². The average molecular weight is 382 g/mol. The minimum Gasteiger partial charge on any atom is -0.444 e. The van der Waals surface area contributed by atoms with Gasteiger partial charge < -0.3 is 10.1 Å². The monoisotopic (exact) mass is 381 g/mol. The van der Waals surface area contributed by atoms with Crippen LogP contribution in [0, 0.1) is 5.92 Å². The van der Waals surface area contributed by atoms with Gasteiger partial charge in [-0.05, 0) is 67.6 Å². The van der Waals surface area contributed by atoms with Crippen LogP contribution in [-0.4, -0.2) is 39.6 Å². The lowest BCUT2D eigenvalue weighted by atomic mass is 10.1. The van der Waals surface area contributed by atoms with Crippen LogP contribution in [0.1, 0.15) is 33.6 Å². The zero-order chi connectivity index (χ0) is 16.8. The number of fused-ring (bicyclic) bond motifs is 1. The van der Waals surface area contributed by atoms with E-state index in [2.05, 4.69) is 26.2 Å². The van der Waals surface area contributed by atoms with Crippen LogP contribution in [0.5, 0.6) is 0 Å². The molecule has 6 nitrogen and oxygen atoms in total. The van der Waals surface area contributed by atoms with Gasteiger partial charge in [-0.2, -0.15) is 0 Å². The summed E-state index contributed by atoms with van der Waals surface area (Å²) in [4.78, 5) is 30.8. The molecule has 1 aromatic rings. The first-order chi connectivity index (χ1) is 10.7. The molecule has 124 valence electrons. The highest BCUT2D eigenvalue weighted by atomic mass is 79.9. The Morgan fingerprint density at radius 1 is 1.35 bits per heavy atom. The molecule has 2 amide bonds. The van der Waals surface area contributed by atoms with E-state index < -0.39 is 17.7 Å². The van der Waals surface area contributed by atoms with Crippen molar-refractivity contribution < 1.29 is 14.3 Å². The lowest BCUT2D eigenvalue weighted by Gasteiger charge is -2.29. The van der Waals surface area contributed by atoms with E-state index in [1.165, 1.54) is 0 Å². The smallest absolute Gasteiger partial charge is 0.411 e. The molecule has 1 aliphatic heterocycles.